The van der Waals surface area contributed by atoms with Crippen molar-refractivity contribution in [2.24, 2.45) is 0 Å². The van der Waals surface area contributed by atoms with E-state index in [4.69, 9.17) is 5.73 Å². The number of hydrogen-bond acceptors (Lipinski definition) is 4. The summed E-state index contributed by atoms with van der Waals surface area (Å²) >= 11 is 0. The summed E-state index contributed by atoms with van der Waals surface area (Å²) < 4.78 is 0. The van der Waals surface area contributed by atoms with Gasteiger partial charge in [0.05, 0.1) is 17.6 Å². The summed E-state index contributed by atoms with van der Waals surface area (Å²) in [6.07, 6.45) is 1.66. The molecule has 0 saturated carbocycles. The van der Waals surface area contributed by atoms with Gasteiger partial charge in [-0.2, -0.15) is 0 Å². The Morgan fingerprint density at radius 2 is 2.30 bits per heavy atom. The molecule has 4 heteroatoms. The van der Waals surface area contributed by atoms with Crippen LogP contribution in [0.1, 0.15) is 5.69 Å². The summed E-state index contributed by atoms with van der Waals surface area (Å²) in [7, 11) is 1.82. The van der Waals surface area contributed by atoms with Gasteiger partial charge in [-0.3, -0.25) is 0 Å². The number of nitrogen functional groups attached to an aromatic ring is 1. The van der Waals surface area contributed by atoms with Gasteiger partial charge < -0.3 is 11.1 Å². The lowest BCUT2D eigenvalue weighted by Gasteiger charge is -2.01. The first kappa shape index (κ1) is 6.80. The Morgan fingerprint density at radius 3 is 2.80 bits per heavy atom. The third-order valence-corrected chi connectivity index (χ3v) is 1.27. The molecule has 0 atom stereocenters. The highest BCUT2D eigenvalue weighted by Crippen LogP contribution is 2.08. The second kappa shape index (κ2) is 2.51. The lowest BCUT2D eigenvalue weighted by molar-refractivity contribution is 1.11. The fraction of sp³-hybridized carbons (Fsp3) is 0.333. The van der Waals surface area contributed by atoms with E-state index in [1.165, 1.54) is 0 Å². The van der Waals surface area contributed by atoms with Crippen LogP contribution in [0.3, 0.4) is 0 Å². The fourth-order valence-corrected chi connectivity index (χ4v) is 0.730. The Hall–Kier alpha value is -1.32. The minimum Gasteiger partial charge on any atom is -0.385 e. The Kier molecular flexibility index (Phi) is 1.71. The molecule has 3 N–H and O–H groups in total. The van der Waals surface area contributed by atoms with Crippen molar-refractivity contribution in [2.45, 2.75) is 6.92 Å². The largest absolute Gasteiger partial charge is 0.385 e. The van der Waals surface area contributed by atoms with E-state index in [-0.39, 0.29) is 0 Å². The van der Waals surface area contributed by atoms with Crippen molar-refractivity contribution in [3.05, 3.63) is 11.9 Å². The number of nitrogens with zero attached hydrogens (tertiary/aromatic N) is 2. The van der Waals surface area contributed by atoms with Crippen molar-refractivity contribution in [3.8, 4) is 0 Å². The van der Waals surface area contributed by atoms with Crippen molar-refractivity contribution in [2.75, 3.05) is 18.1 Å². The molecule has 1 aromatic heterocycles. The molecule has 0 spiro atoms. The van der Waals surface area contributed by atoms with Crippen LogP contribution in [0.4, 0.5) is 11.6 Å². The third-order valence-electron chi connectivity index (χ3n) is 1.27. The lowest BCUT2D eigenvalue weighted by Crippen LogP contribution is -2.00. The van der Waals surface area contributed by atoms with Gasteiger partial charge in [-0.15, -0.1) is 0 Å². The molecule has 1 heterocycles. The minimum atomic E-state index is 0.316. The lowest BCUT2D eigenvalue weighted by atomic mass is 10.4. The molecule has 1 rings (SSSR count). The van der Waals surface area contributed by atoms with E-state index in [9.17, 15) is 0 Å². The SMILES string of the molecule is CNc1cnc(N)nc1C. The van der Waals surface area contributed by atoms with Crippen LogP contribution in [0.5, 0.6) is 0 Å². The van der Waals surface area contributed by atoms with E-state index in [2.05, 4.69) is 15.3 Å². The standard InChI is InChI=1S/C6H10N4/c1-4-5(8-2)3-9-6(7)10-4/h3,8H,1-2H3,(H2,7,9,10). The van der Waals surface area contributed by atoms with Gasteiger partial charge in [-0.05, 0) is 6.92 Å². The molecule has 0 aliphatic carbocycles. The number of nitrogens with one attached hydrogen (secondary N) is 1. The molecule has 1 aromatic rings. The van der Waals surface area contributed by atoms with Gasteiger partial charge in [0, 0.05) is 7.05 Å². The topological polar surface area (TPSA) is 63.8 Å². The van der Waals surface area contributed by atoms with E-state index in [0.29, 0.717) is 5.95 Å². The zero-order valence-electron chi connectivity index (χ0n) is 6.05. The van der Waals surface area contributed by atoms with Gasteiger partial charge in [0.15, 0.2) is 0 Å². The Bertz CT molecular complexity index is 233. The number of hydrogen-bond donors (Lipinski definition) is 2. The highest BCUT2D eigenvalue weighted by atomic mass is 15.0. The molecular formula is C6H10N4. The number of nitrogens with two attached hydrogens (primary N) is 1. The molecule has 0 aliphatic heterocycles. The molecular weight excluding hydrogens is 128 g/mol. The highest BCUT2D eigenvalue weighted by molar-refractivity contribution is 5.46. The molecule has 0 bridgehead atoms. The first-order chi connectivity index (χ1) is 4.74. The zero-order valence-corrected chi connectivity index (χ0v) is 6.05. The molecule has 54 valence electrons. The van der Waals surface area contributed by atoms with E-state index < -0.39 is 0 Å². The van der Waals surface area contributed by atoms with Crippen LogP contribution < -0.4 is 11.1 Å². The number of anilines is 2. The van der Waals surface area contributed by atoms with E-state index >= 15 is 0 Å². The van der Waals surface area contributed by atoms with Crippen molar-refractivity contribution in [3.63, 3.8) is 0 Å². The molecule has 4 nitrogen and oxygen atoms in total. The van der Waals surface area contributed by atoms with E-state index in [1.54, 1.807) is 6.20 Å². The number of aromatic nitrogens is 2. The maximum atomic E-state index is 5.33. The van der Waals surface area contributed by atoms with Crippen LogP contribution in [0.15, 0.2) is 6.20 Å². The Balaban J connectivity index is 3.07. The monoisotopic (exact) mass is 138 g/mol. The Morgan fingerprint density at radius 1 is 1.60 bits per heavy atom. The molecule has 0 saturated heterocycles. The molecule has 0 radical (unpaired) electrons. The van der Waals surface area contributed by atoms with Crippen molar-refractivity contribution in [1.82, 2.24) is 9.97 Å². The zero-order chi connectivity index (χ0) is 7.56. The summed E-state index contributed by atoms with van der Waals surface area (Å²) in [5.41, 5.74) is 7.11. The van der Waals surface area contributed by atoms with E-state index in [1.807, 2.05) is 14.0 Å². The average Bonchev–Trinajstić information content (AvgIpc) is 1.88. The fourth-order valence-electron chi connectivity index (χ4n) is 0.730. The van der Waals surface area contributed by atoms with Crippen LogP contribution >= 0.6 is 0 Å². The van der Waals surface area contributed by atoms with Gasteiger partial charge >= 0.3 is 0 Å². The maximum absolute atomic E-state index is 5.33. The predicted octanol–water partition coefficient (Wildman–Crippen LogP) is 0.409. The van der Waals surface area contributed by atoms with Crippen LogP contribution in [-0.4, -0.2) is 17.0 Å². The number of aryl methyl sites for hydroxylation is 1. The van der Waals surface area contributed by atoms with Crippen LogP contribution in [0.2, 0.25) is 0 Å². The molecule has 0 aromatic carbocycles. The molecule has 0 unspecified atom stereocenters. The molecule has 0 aliphatic rings. The summed E-state index contributed by atoms with van der Waals surface area (Å²) in [6, 6.07) is 0. The second-order valence-corrected chi connectivity index (χ2v) is 1.98. The summed E-state index contributed by atoms with van der Waals surface area (Å²) in [6.45, 7) is 1.88. The first-order valence-electron chi connectivity index (χ1n) is 3.01. The van der Waals surface area contributed by atoms with Crippen LogP contribution in [-0.2, 0) is 0 Å². The van der Waals surface area contributed by atoms with Crippen LogP contribution in [0, 0.1) is 6.92 Å². The highest BCUT2D eigenvalue weighted by Gasteiger charge is 1.96. The van der Waals surface area contributed by atoms with Gasteiger partial charge in [0.25, 0.3) is 0 Å². The predicted molar refractivity (Wildman–Crippen MR) is 40.7 cm³/mol. The first-order valence-corrected chi connectivity index (χ1v) is 3.01. The summed E-state index contributed by atoms with van der Waals surface area (Å²) in [5, 5.41) is 2.94. The molecule has 0 fully saturated rings. The van der Waals surface area contributed by atoms with Crippen molar-refractivity contribution in [1.29, 1.82) is 0 Å². The molecule has 10 heavy (non-hydrogen) atoms. The van der Waals surface area contributed by atoms with Gasteiger partial charge in [0.2, 0.25) is 5.95 Å². The minimum absolute atomic E-state index is 0.316. The summed E-state index contributed by atoms with van der Waals surface area (Å²) in [4.78, 5) is 7.76. The second-order valence-electron chi connectivity index (χ2n) is 1.98. The Labute approximate surface area is 59.5 Å². The van der Waals surface area contributed by atoms with Gasteiger partial charge in [-0.25, -0.2) is 9.97 Å². The number of rotatable bonds is 1. The van der Waals surface area contributed by atoms with Gasteiger partial charge in [-0.1, -0.05) is 0 Å². The van der Waals surface area contributed by atoms with E-state index in [0.717, 1.165) is 11.4 Å². The molecule has 0 amide bonds. The smallest absolute Gasteiger partial charge is 0.220 e. The van der Waals surface area contributed by atoms with Crippen LogP contribution in [0.25, 0.3) is 0 Å². The third kappa shape index (κ3) is 1.15. The average molecular weight is 138 g/mol. The van der Waals surface area contributed by atoms with Gasteiger partial charge in [0.1, 0.15) is 0 Å². The maximum Gasteiger partial charge on any atom is 0.220 e. The van der Waals surface area contributed by atoms with Crippen molar-refractivity contribution < 1.29 is 0 Å². The van der Waals surface area contributed by atoms with Crippen molar-refractivity contribution >= 4 is 11.6 Å². The quantitative estimate of drug-likeness (QED) is 0.590. The summed E-state index contributed by atoms with van der Waals surface area (Å²) in [5.74, 6) is 0.316. The normalized spacial score (nSPS) is 9.40.